The van der Waals surface area contributed by atoms with E-state index in [1.54, 1.807) is 12.4 Å². The number of rotatable bonds is 5. The Hall–Kier alpha value is -2.34. The van der Waals surface area contributed by atoms with Crippen molar-refractivity contribution in [3.05, 3.63) is 47.8 Å². The van der Waals surface area contributed by atoms with Crippen LogP contribution >= 0.6 is 11.6 Å². The SMILES string of the molecule is CCn1cncc1Cn1c(CCl)nc2ccc(C(=O)OC(C)(C)C)cc21. The fourth-order valence-corrected chi connectivity index (χ4v) is 3.05. The monoisotopic (exact) mass is 374 g/mol. The zero-order valence-electron chi connectivity index (χ0n) is 15.5. The molecule has 0 saturated carbocycles. The minimum absolute atomic E-state index is 0.288. The third-order valence-electron chi connectivity index (χ3n) is 4.04. The Bertz CT molecular complexity index is 937. The number of carbonyl (C=O) groups excluding carboxylic acids is 1. The van der Waals surface area contributed by atoms with E-state index >= 15 is 0 Å². The van der Waals surface area contributed by atoms with Gasteiger partial charge in [-0.3, -0.25) is 0 Å². The second-order valence-corrected chi connectivity index (χ2v) is 7.39. The maximum atomic E-state index is 12.4. The van der Waals surface area contributed by atoms with Gasteiger partial charge in [-0.1, -0.05) is 0 Å². The summed E-state index contributed by atoms with van der Waals surface area (Å²) in [5.41, 5.74) is 2.67. The van der Waals surface area contributed by atoms with Gasteiger partial charge in [0.05, 0.1) is 41.0 Å². The Labute approximate surface area is 157 Å². The second-order valence-electron chi connectivity index (χ2n) is 7.12. The van der Waals surface area contributed by atoms with Crippen LogP contribution < -0.4 is 0 Å². The van der Waals surface area contributed by atoms with Crippen molar-refractivity contribution in [3.8, 4) is 0 Å². The van der Waals surface area contributed by atoms with Crippen molar-refractivity contribution >= 4 is 28.6 Å². The van der Waals surface area contributed by atoms with Gasteiger partial charge in [0.25, 0.3) is 0 Å². The molecule has 3 rings (SSSR count). The van der Waals surface area contributed by atoms with Gasteiger partial charge in [0.15, 0.2) is 0 Å². The number of nitrogens with zero attached hydrogens (tertiary/aromatic N) is 4. The van der Waals surface area contributed by atoms with E-state index < -0.39 is 5.60 Å². The average Bonchev–Trinajstić information content (AvgIpc) is 3.17. The molecule has 0 amide bonds. The fraction of sp³-hybridized carbons (Fsp3) is 0.421. The van der Waals surface area contributed by atoms with Crippen LogP contribution in [0.25, 0.3) is 11.0 Å². The van der Waals surface area contributed by atoms with E-state index in [1.807, 2.05) is 43.7 Å². The number of carbonyl (C=O) groups is 1. The van der Waals surface area contributed by atoms with E-state index in [0.717, 1.165) is 29.1 Å². The van der Waals surface area contributed by atoms with Crippen molar-refractivity contribution in [2.75, 3.05) is 0 Å². The number of aryl methyl sites for hydroxylation is 1. The van der Waals surface area contributed by atoms with Gasteiger partial charge >= 0.3 is 5.97 Å². The highest BCUT2D eigenvalue weighted by molar-refractivity contribution is 6.16. The van der Waals surface area contributed by atoms with Gasteiger partial charge in [-0.25, -0.2) is 14.8 Å². The van der Waals surface area contributed by atoms with Crippen molar-refractivity contribution in [1.29, 1.82) is 0 Å². The lowest BCUT2D eigenvalue weighted by atomic mass is 10.1. The molecule has 0 aliphatic rings. The summed E-state index contributed by atoms with van der Waals surface area (Å²) < 4.78 is 9.58. The number of esters is 1. The highest BCUT2D eigenvalue weighted by atomic mass is 35.5. The van der Waals surface area contributed by atoms with Crippen molar-refractivity contribution in [3.63, 3.8) is 0 Å². The average molecular weight is 375 g/mol. The third-order valence-corrected chi connectivity index (χ3v) is 4.28. The summed E-state index contributed by atoms with van der Waals surface area (Å²) in [5.74, 6) is 0.696. The van der Waals surface area contributed by atoms with E-state index in [1.165, 1.54) is 0 Å². The lowest BCUT2D eigenvalue weighted by molar-refractivity contribution is 0.00697. The molecule has 2 heterocycles. The van der Waals surface area contributed by atoms with Gasteiger partial charge in [-0.15, -0.1) is 11.6 Å². The van der Waals surface area contributed by atoms with Gasteiger partial charge in [-0.05, 0) is 45.9 Å². The predicted molar refractivity (Wildman–Crippen MR) is 101 cm³/mol. The zero-order valence-corrected chi connectivity index (χ0v) is 16.2. The molecular weight excluding hydrogens is 352 g/mol. The third kappa shape index (κ3) is 3.75. The standard InChI is InChI=1S/C19H23ClN4O2/c1-5-23-12-21-10-14(23)11-24-16-8-13(18(25)26-19(2,3)4)6-7-15(16)22-17(24)9-20/h6-8,10,12H,5,9,11H2,1-4H3. The molecule has 7 heteroatoms. The lowest BCUT2D eigenvalue weighted by Gasteiger charge is -2.19. The molecule has 138 valence electrons. The molecule has 0 bridgehead atoms. The summed E-state index contributed by atoms with van der Waals surface area (Å²) in [5, 5.41) is 0. The molecule has 0 radical (unpaired) electrons. The summed E-state index contributed by atoms with van der Waals surface area (Å²) >= 11 is 6.11. The molecule has 0 saturated heterocycles. The first-order valence-electron chi connectivity index (χ1n) is 8.60. The number of aromatic nitrogens is 4. The fourth-order valence-electron chi connectivity index (χ4n) is 2.84. The molecule has 0 spiro atoms. The molecule has 0 aliphatic heterocycles. The number of fused-ring (bicyclic) bond motifs is 1. The van der Waals surface area contributed by atoms with Crippen molar-refractivity contribution < 1.29 is 9.53 Å². The van der Waals surface area contributed by atoms with E-state index in [9.17, 15) is 4.79 Å². The van der Waals surface area contributed by atoms with Gasteiger partial charge in [0.1, 0.15) is 11.4 Å². The van der Waals surface area contributed by atoms with Crippen LogP contribution in [0.4, 0.5) is 0 Å². The molecule has 3 aromatic rings. The van der Waals surface area contributed by atoms with Crippen LogP contribution in [-0.4, -0.2) is 30.7 Å². The normalized spacial score (nSPS) is 11.9. The minimum Gasteiger partial charge on any atom is -0.456 e. The van der Waals surface area contributed by atoms with Crippen molar-refractivity contribution in [1.82, 2.24) is 19.1 Å². The van der Waals surface area contributed by atoms with Crippen LogP contribution in [0.3, 0.4) is 0 Å². The van der Waals surface area contributed by atoms with Crippen LogP contribution in [0, 0.1) is 0 Å². The number of benzene rings is 1. The molecule has 0 aliphatic carbocycles. The molecule has 0 fully saturated rings. The molecule has 6 nitrogen and oxygen atoms in total. The Kier molecular flexibility index (Phi) is 5.05. The van der Waals surface area contributed by atoms with Crippen LogP contribution in [0.5, 0.6) is 0 Å². The van der Waals surface area contributed by atoms with E-state index in [0.29, 0.717) is 12.1 Å². The number of ether oxygens (including phenoxy) is 1. The number of alkyl halides is 1. The van der Waals surface area contributed by atoms with Gasteiger partial charge < -0.3 is 13.9 Å². The Morgan fingerprint density at radius 1 is 1.31 bits per heavy atom. The van der Waals surface area contributed by atoms with E-state index in [-0.39, 0.29) is 11.8 Å². The Balaban J connectivity index is 2.03. The Morgan fingerprint density at radius 2 is 2.08 bits per heavy atom. The van der Waals surface area contributed by atoms with Crippen LogP contribution in [0.2, 0.25) is 0 Å². The summed E-state index contributed by atoms with van der Waals surface area (Å²) in [6.07, 6.45) is 3.64. The van der Waals surface area contributed by atoms with Gasteiger partial charge in [-0.2, -0.15) is 0 Å². The second kappa shape index (κ2) is 7.11. The first kappa shape index (κ1) is 18.5. The maximum absolute atomic E-state index is 12.4. The summed E-state index contributed by atoms with van der Waals surface area (Å²) in [7, 11) is 0. The Morgan fingerprint density at radius 3 is 2.73 bits per heavy atom. The van der Waals surface area contributed by atoms with Gasteiger partial charge in [0, 0.05) is 12.7 Å². The first-order valence-corrected chi connectivity index (χ1v) is 9.13. The van der Waals surface area contributed by atoms with Crippen molar-refractivity contribution in [2.24, 2.45) is 0 Å². The van der Waals surface area contributed by atoms with Crippen LogP contribution in [0.15, 0.2) is 30.7 Å². The highest BCUT2D eigenvalue weighted by Crippen LogP contribution is 2.22. The molecule has 2 aromatic heterocycles. The number of imidazole rings is 2. The van der Waals surface area contributed by atoms with Crippen LogP contribution in [0.1, 0.15) is 49.6 Å². The topological polar surface area (TPSA) is 61.9 Å². The minimum atomic E-state index is -0.540. The smallest absolute Gasteiger partial charge is 0.338 e. The van der Waals surface area contributed by atoms with Crippen LogP contribution in [-0.2, 0) is 23.7 Å². The number of halogens is 1. The lowest BCUT2D eigenvalue weighted by Crippen LogP contribution is -2.23. The van der Waals surface area contributed by atoms with Gasteiger partial charge in [0.2, 0.25) is 0 Å². The molecule has 0 N–H and O–H groups in total. The predicted octanol–water partition coefficient (Wildman–Crippen LogP) is 4.00. The van der Waals surface area contributed by atoms with Crippen molar-refractivity contribution in [2.45, 2.75) is 52.3 Å². The number of hydrogen-bond acceptors (Lipinski definition) is 4. The molecular formula is C19H23ClN4O2. The molecule has 1 aromatic carbocycles. The highest BCUT2D eigenvalue weighted by Gasteiger charge is 2.20. The maximum Gasteiger partial charge on any atom is 0.338 e. The summed E-state index contributed by atoms with van der Waals surface area (Å²) in [4.78, 5) is 21.2. The van der Waals surface area contributed by atoms with E-state index in [4.69, 9.17) is 16.3 Å². The molecule has 26 heavy (non-hydrogen) atoms. The summed E-state index contributed by atoms with van der Waals surface area (Å²) in [6, 6.07) is 5.39. The molecule has 0 atom stereocenters. The largest absolute Gasteiger partial charge is 0.456 e. The van der Waals surface area contributed by atoms with E-state index in [2.05, 4.69) is 21.5 Å². The quantitative estimate of drug-likeness (QED) is 0.500. The number of hydrogen-bond donors (Lipinski definition) is 0. The molecule has 0 unspecified atom stereocenters. The first-order chi connectivity index (χ1) is 12.3. The zero-order chi connectivity index (χ0) is 18.9. The summed E-state index contributed by atoms with van der Waals surface area (Å²) in [6.45, 7) is 9.05.